The third kappa shape index (κ3) is 4.65. The zero-order valence-corrected chi connectivity index (χ0v) is 14.5. The largest absolute Gasteiger partial charge is 0.495 e. The highest BCUT2D eigenvalue weighted by molar-refractivity contribution is 5.94. The van der Waals surface area contributed by atoms with E-state index in [-0.39, 0.29) is 12.5 Å². The molecule has 0 fully saturated rings. The zero-order valence-electron chi connectivity index (χ0n) is 14.5. The monoisotopic (exact) mass is 327 g/mol. The molecule has 2 aromatic carbocycles. The second-order valence-electron chi connectivity index (χ2n) is 5.32. The molecule has 2 rings (SSSR count). The topological polar surface area (TPSA) is 53.6 Å². The molecule has 2 aromatic rings. The van der Waals surface area contributed by atoms with Gasteiger partial charge in [-0.05, 0) is 50.2 Å². The lowest BCUT2D eigenvalue weighted by Gasteiger charge is -2.21. The van der Waals surface area contributed by atoms with Gasteiger partial charge < -0.3 is 20.3 Å². The summed E-state index contributed by atoms with van der Waals surface area (Å²) >= 11 is 0. The van der Waals surface area contributed by atoms with Crippen LogP contribution in [0.3, 0.4) is 0 Å². The first kappa shape index (κ1) is 17.7. The van der Waals surface area contributed by atoms with Crippen molar-refractivity contribution in [1.29, 1.82) is 0 Å². The first-order valence-electron chi connectivity index (χ1n) is 8.19. The van der Waals surface area contributed by atoms with Crippen molar-refractivity contribution in [3.63, 3.8) is 0 Å². The number of rotatable bonds is 8. The summed E-state index contributed by atoms with van der Waals surface area (Å²) in [6.07, 6.45) is 0. The number of nitrogens with zero attached hydrogens (tertiary/aromatic N) is 1. The predicted molar refractivity (Wildman–Crippen MR) is 100 cm³/mol. The second kappa shape index (κ2) is 8.82. The van der Waals surface area contributed by atoms with Gasteiger partial charge in [0.2, 0.25) is 5.91 Å². The van der Waals surface area contributed by atoms with Gasteiger partial charge in [0, 0.05) is 24.5 Å². The molecular formula is C19H25N3O2. The van der Waals surface area contributed by atoms with Crippen LogP contribution >= 0.6 is 0 Å². The van der Waals surface area contributed by atoms with Crippen molar-refractivity contribution in [3.05, 3.63) is 48.5 Å². The molecule has 5 heteroatoms. The summed E-state index contributed by atoms with van der Waals surface area (Å²) < 4.78 is 5.25. The highest BCUT2D eigenvalue weighted by Crippen LogP contribution is 2.22. The summed E-state index contributed by atoms with van der Waals surface area (Å²) in [6.45, 7) is 6.36. The fourth-order valence-corrected chi connectivity index (χ4v) is 2.52. The molecule has 0 unspecified atom stereocenters. The van der Waals surface area contributed by atoms with Crippen molar-refractivity contribution in [2.24, 2.45) is 0 Å². The number of benzene rings is 2. The van der Waals surface area contributed by atoms with E-state index in [2.05, 4.69) is 29.4 Å². The van der Waals surface area contributed by atoms with Crippen LogP contribution in [0.5, 0.6) is 5.75 Å². The summed E-state index contributed by atoms with van der Waals surface area (Å²) in [5.74, 6) is 0.616. The molecule has 24 heavy (non-hydrogen) atoms. The van der Waals surface area contributed by atoms with Crippen LogP contribution in [0, 0.1) is 0 Å². The van der Waals surface area contributed by atoms with Crippen molar-refractivity contribution in [2.45, 2.75) is 13.8 Å². The fraction of sp³-hybridized carbons (Fsp3) is 0.316. The van der Waals surface area contributed by atoms with Gasteiger partial charge in [0.1, 0.15) is 5.75 Å². The molecule has 128 valence electrons. The first-order valence-corrected chi connectivity index (χ1v) is 8.19. The van der Waals surface area contributed by atoms with Gasteiger partial charge in [-0.3, -0.25) is 4.79 Å². The van der Waals surface area contributed by atoms with E-state index in [9.17, 15) is 4.79 Å². The van der Waals surface area contributed by atoms with Crippen molar-refractivity contribution in [1.82, 2.24) is 0 Å². The van der Waals surface area contributed by atoms with Crippen LogP contribution in [0.1, 0.15) is 13.8 Å². The molecule has 0 aliphatic carbocycles. The van der Waals surface area contributed by atoms with E-state index in [0.717, 1.165) is 30.2 Å². The number of hydrogen-bond acceptors (Lipinski definition) is 4. The summed E-state index contributed by atoms with van der Waals surface area (Å²) in [7, 11) is 1.61. The van der Waals surface area contributed by atoms with Crippen molar-refractivity contribution in [2.75, 3.05) is 42.3 Å². The Kier molecular flexibility index (Phi) is 6.49. The quantitative estimate of drug-likeness (QED) is 0.778. The number of carbonyl (C=O) groups is 1. The molecule has 0 aliphatic heterocycles. The van der Waals surface area contributed by atoms with E-state index in [1.807, 2.05) is 48.5 Å². The van der Waals surface area contributed by atoms with Crippen LogP contribution in [0.15, 0.2) is 48.5 Å². The average molecular weight is 327 g/mol. The van der Waals surface area contributed by atoms with Crippen molar-refractivity contribution < 1.29 is 9.53 Å². The highest BCUT2D eigenvalue weighted by atomic mass is 16.5. The SMILES string of the molecule is CCN(CC)c1ccc(NC(=O)CNc2ccccc2OC)cc1. The number of amides is 1. The van der Waals surface area contributed by atoms with E-state index >= 15 is 0 Å². The van der Waals surface area contributed by atoms with Gasteiger partial charge in [0.05, 0.1) is 19.3 Å². The van der Waals surface area contributed by atoms with Gasteiger partial charge in [-0.2, -0.15) is 0 Å². The number of hydrogen-bond donors (Lipinski definition) is 2. The Balaban J connectivity index is 1.90. The van der Waals surface area contributed by atoms with Crippen LogP contribution < -0.4 is 20.3 Å². The van der Waals surface area contributed by atoms with E-state index in [4.69, 9.17) is 4.74 Å². The van der Waals surface area contributed by atoms with Gasteiger partial charge in [0.25, 0.3) is 0 Å². The molecule has 0 bridgehead atoms. The number of carbonyl (C=O) groups excluding carboxylic acids is 1. The van der Waals surface area contributed by atoms with Gasteiger partial charge >= 0.3 is 0 Å². The smallest absolute Gasteiger partial charge is 0.243 e. The molecule has 1 amide bonds. The molecule has 0 radical (unpaired) electrons. The van der Waals surface area contributed by atoms with E-state index < -0.39 is 0 Å². The standard InChI is InChI=1S/C19H25N3O2/c1-4-22(5-2)16-12-10-15(11-13-16)21-19(23)14-20-17-8-6-7-9-18(17)24-3/h6-13,20H,4-5,14H2,1-3H3,(H,21,23). The Morgan fingerprint density at radius 1 is 1.04 bits per heavy atom. The van der Waals surface area contributed by atoms with Crippen molar-refractivity contribution >= 4 is 23.0 Å². The summed E-state index contributed by atoms with van der Waals surface area (Å²) in [4.78, 5) is 14.4. The molecule has 0 heterocycles. The molecule has 2 N–H and O–H groups in total. The lowest BCUT2D eigenvalue weighted by molar-refractivity contribution is -0.114. The highest BCUT2D eigenvalue weighted by Gasteiger charge is 2.06. The first-order chi connectivity index (χ1) is 11.7. The molecular weight excluding hydrogens is 302 g/mol. The van der Waals surface area contributed by atoms with E-state index in [0.29, 0.717) is 5.75 Å². The van der Waals surface area contributed by atoms with Gasteiger partial charge in [0.15, 0.2) is 0 Å². The Morgan fingerprint density at radius 2 is 1.71 bits per heavy atom. The lowest BCUT2D eigenvalue weighted by atomic mass is 10.2. The average Bonchev–Trinajstić information content (AvgIpc) is 2.62. The molecule has 0 atom stereocenters. The maximum Gasteiger partial charge on any atom is 0.243 e. The maximum absolute atomic E-state index is 12.1. The molecule has 0 spiro atoms. The van der Waals surface area contributed by atoms with Crippen LogP contribution in [-0.4, -0.2) is 32.7 Å². The summed E-state index contributed by atoms with van der Waals surface area (Å²) in [6, 6.07) is 15.4. The number of para-hydroxylation sites is 2. The Morgan fingerprint density at radius 3 is 2.33 bits per heavy atom. The minimum Gasteiger partial charge on any atom is -0.495 e. The van der Waals surface area contributed by atoms with E-state index in [1.54, 1.807) is 7.11 Å². The Bertz CT molecular complexity index is 652. The minimum atomic E-state index is -0.100. The van der Waals surface area contributed by atoms with Gasteiger partial charge in [-0.15, -0.1) is 0 Å². The minimum absolute atomic E-state index is 0.100. The molecule has 0 aromatic heterocycles. The van der Waals surface area contributed by atoms with Crippen LogP contribution in [0.2, 0.25) is 0 Å². The lowest BCUT2D eigenvalue weighted by Crippen LogP contribution is -2.23. The van der Waals surface area contributed by atoms with Gasteiger partial charge in [-0.25, -0.2) is 0 Å². The van der Waals surface area contributed by atoms with Crippen LogP contribution in [0.25, 0.3) is 0 Å². The number of anilines is 3. The van der Waals surface area contributed by atoms with Crippen LogP contribution in [-0.2, 0) is 4.79 Å². The molecule has 0 saturated carbocycles. The predicted octanol–water partition coefficient (Wildman–Crippen LogP) is 3.59. The summed E-state index contributed by atoms with van der Waals surface area (Å²) in [5.41, 5.74) is 2.75. The van der Waals surface area contributed by atoms with Crippen molar-refractivity contribution in [3.8, 4) is 5.75 Å². The summed E-state index contributed by atoms with van der Waals surface area (Å²) in [5, 5.41) is 5.98. The number of methoxy groups -OCH3 is 1. The molecule has 0 aliphatic rings. The Labute approximate surface area is 143 Å². The fourth-order valence-electron chi connectivity index (χ4n) is 2.52. The molecule has 0 saturated heterocycles. The number of nitrogens with one attached hydrogen (secondary N) is 2. The van der Waals surface area contributed by atoms with E-state index in [1.165, 1.54) is 0 Å². The second-order valence-corrected chi connectivity index (χ2v) is 5.32. The maximum atomic E-state index is 12.1. The normalized spacial score (nSPS) is 10.1. The zero-order chi connectivity index (χ0) is 17.4. The Hall–Kier alpha value is -2.69. The van der Waals surface area contributed by atoms with Gasteiger partial charge in [-0.1, -0.05) is 12.1 Å². The third-order valence-electron chi connectivity index (χ3n) is 3.83. The third-order valence-corrected chi connectivity index (χ3v) is 3.83. The number of ether oxygens (including phenoxy) is 1. The van der Waals surface area contributed by atoms with Crippen LogP contribution in [0.4, 0.5) is 17.1 Å². The molecule has 5 nitrogen and oxygen atoms in total.